The SMILES string of the molecule is c1ccc(C(CNc2nnc(C3CC3)s2)N2CCCC2)cc1. The zero-order valence-corrected chi connectivity index (χ0v) is 13.6. The molecule has 0 radical (unpaired) electrons. The van der Waals surface area contributed by atoms with Crippen LogP contribution in [-0.4, -0.2) is 34.7 Å². The first kappa shape index (κ1) is 14.2. The fourth-order valence-electron chi connectivity index (χ4n) is 3.17. The van der Waals surface area contributed by atoms with E-state index < -0.39 is 0 Å². The Morgan fingerprint density at radius 1 is 1.14 bits per heavy atom. The number of nitrogens with one attached hydrogen (secondary N) is 1. The summed E-state index contributed by atoms with van der Waals surface area (Å²) in [6.45, 7) is 3.30. The molecule has 22 heavy (non-hydrogen) atoms. The van der Waals surface area contributed by atoms with Gasteiger partial charge in [0.2, 0.25) is 5.13 Å². The zero-order valence-electron chi connectivity index (χ0n) is 12.7. The minimum absolute atomic E-state index is 0.428. The molecular formula is C17H22N4S. The van der Waals surface area contributed by atoms with E-state index in [1.807, 2.05) is 0 Å². The third-order valence-corrected chi connectivity index (χ3v) is 5.62. The number of hydrogen-bond donors (Lipinski definition) is 1. The highest BCUT2D eigenvalue weighted by atomic mass is 32.1. The molecule has 1 unspecified atom stereocenters. The quantitative estimate of drug-likeness (QED) is 0.883. The summed E-state index contributed by atoms with van der Waals surface area (Å²) in [6, 6.07) is 11.3. The zero-order chi connectivity index (χ0) is 14.8. The summed E-state index contributed by atoms with van der Waals surface area (Å²) in [5, 5.41) is 14.3. The summed E-state index contributed by atoms with van der Waals surface area (Å²) < 4.78 is 0. The minimum atomic E-state index is 0.428. The van der Waals surface area contributed by atoms with Crippen molar-refractivity contribution in [3.05, 3.63) is 40.9 Å². The molecule has 1 atom stereocenters. The van der Waals surface area contributed by atoms with E-state index in [0.29, 0.717) is 12.0 Å². The fraction of sp³-hybridized carbons (Fsp3) is 0.529. The number of rotatable bonds is 6. The Hall–Kier alpha value is -1.46. The van der Waals surface area contributed by atoms with Crippen LogP contribution in [0.15, 0.2) is 30.3 Å². The van der Waals surface area contributed by atoms with Crippen LogP contribution < -0.4 is 5.32 Å². The van der Waals surface area contributed by atoms with Gasteiger partial charge in [-0.3, -0.25) is 4.90 Å². The smallest absolute Gasteiger partial charge is 0.205 e. The molecule has 0 amide bonds. The van der Waals surface area contributed by atoms with Crippen molar-refractivity contribution in [2.45, 2.75) is 37.6 Å². The Morgan fingerprint density at radius 2 is 1.91 bits per heavy atom. The lowest BCUT2D eigenvalue weighted by atomic mass is 10.1. The highest BCUT2D eigenvalue weighted by molar-refractivity contribution is 7.15. The number of likely N-dealkylation sites (tertiary alicyclic amines) is 1. The standard InChI is InChI=1S/C17H22N4S/c1-2-6-13(7-3-1)15(21-10-4-5-11-21)12-18-17-20-19-16(22-17)14-8-9-14/h1-3,6-7,14-15H,4-5,8-12H2,(H,18,20). The molecule has 4 nitrogen and oxygen atoms in total. The van der Waals surface area contributed by atoms with E-state index in [0.717, 1.165) is 11.7 Å². The molecule has 2 fully saturated rings. The maximum atomic E-state index is 4.32. The summed E-state index contributed by atoms with van der Waals surface area (Å²) >= 11 is 1.73. The molecule has 2 heterocycles. The van der Waals surface area contributed by atoms with Crippen molar-refractivity contribution < 1.29 is 0 Å². The number of nitrogens with zero attached hydrogens (tertiary/aromatic N) is 3. The number of hydrogen-bond acceptors (Lipinski definition) is 5. The lowest BCUT2D eigenvalue weighted by Gasteiger charge is -2.28. The van der Waals surface area contributed by atoms with E-state index in [9.17, 15) is 0 Å². The van der Waals surface area contributed by atoms with Gasteiger partial charge in [0.1, 0.15) is 5.01 Å². The van der Waals surface area contributed by atoms with Crippen molar-refractivity contribution in [1.82, 2.24) is 15.1 Å². The van der Waals surface area contributed by atoms with Crippen LogP contribution in [0.4, 0.5) is 5.13 Å². The van der Waals surface area contributed by atoms with Crippen molar-refractivity contribution in [2.24, 2.45) is 0 Å². The second-order valence-electron chi connectivity index (χ2n) is 6.27. The lowest BCUT2D eigenvalue weighted by Crippen LogP contribution is -2.31. The number of benzene rings is 1. The number of aromatic nitrogens is 2. The van der Waals surface area contributed by atoms with Gasteiger partial charge in [0.15, 0.2) is 0 Å². The molecule has 2 aliphatic rings. The van der Waals surface area contributed by atoms with Crippen LogP contribution in [0.25, 0.3) is 0 Å². The Bertz CT molecular complexity index is 602. The maximum absolute atomic E-state index is 4.32. The average Bonchev–Trinajstić information content (AvgIpc) is 3.08. The molecule has 2 aromatic rings. The number of anilines is 1. The Labute approximate surface area is 135 Å². The van der Waals surface area contributed by atoms with Gasteiger partial charge in [-0.2, -0.15) is 0 Å². The molecule has 1 saturated carbocycles. The van der Waals surface area contributed by atoms with Crippen LogP contribution in [-0.2, 0) is 0 Å². The van der Waals surface area contributed by atoms with E-state index in [4.69, 9.17) is 0 Å². The van der Waals surface area contributed by atoms with E-state index in [2.05, 4.69) is 50.7 Å². The van der Waals surface area contributed by atoms with Crippen molar-refractivity contribution in [2.75, 3.05) is 25.0 Å². The van der Waals surface area contributed by atoms with Crippen LogP contribution in [0.1, 0.15) is 48.2 Å². The van der Waals surface area contributed by atoms with Gasteiger partial charge >= 0.3 is 0 Å². The molecule has 0 spiro atoms. The van der Waals surface area contributed by atoms with Crippen LogP contribution >= 0.6 is 11.3 Å². The molecule has 1 aromatic carbocycles. The summed E-state index contributed by atoms with van der Waals surface area (Å²) in [5.74, 6) is 0.691. The van der Waals surface area contributed by atoms with E-state index in [-0.39, 0.29) is 0 Å². The van der Waals surface area contributed by atoms with Crippen LogP contribution in [0.3, 0.4) is 0 Å². The molecule has 1 aromatic heterocycles. The summed E-state index contributed by atoms with van der Waals surface area (Å²) in [6.07, 6.45) is 5.20. The highest BCUT2D eigenvalue weighted by Crippen LogP contribution is 2.42. The van der Waals surface area contributed by atoms with Gasteiger partial charge in [0.05, 0.1) is 6.04 Å². The summed E-state index contributed by atoms with van der Waals surface area (Å²) in [4.78, 5) is 2.59. The van der Waals surface area contributed by atoms with Gasteiger partial charge in [-0.05, 0) is 44.3 Å². The van der Waals surface area contributed by atoms with E-state index in [1.165, 1.54) is 49.3 Å². The largest absolute Gasteiger partial charge is 0.358 e. The van der Waals surface area contributed by atoms with Crippen molar-refractivity contribution >= 4 is 16.5 Å². The maximum Gasteiger partial charge on any atom is 0.205 e. The first-order chi connectivity index (χ1) is 10.9. The molecule has 1 aliphatic heterocycles. The predicted molar refractivity (Wildman–Crippen MR) is 90.4 cm³/mol. The summed E-state index contributed by atoms with van der Waals surface area (Å²) in [5.41, 5.74) is 1.39. The van der Waals surface area contributed by atoms with Crippen molar-refractivity contribution in [3.8, 4) is 0 Å². The topological polar surface area (TPSA) is 41.1 Å². The van der Waals surface area contributed by atoms with E-state index in [1.54, 1.807) is 11.3 Å². The molecule has 1 N–H and O–H groups in total. The predicted octanol–water partition coefficient (Wildman–Crippen LogP) is 3.66. The van der Waals surface area contributed by atoms with Gasteiger partial charge in [0.25, 0.3) is 0 Å². The van der Waals surface area contributed by atoms with Gasteiger partial charge in [-0.1, -0.05) is 41.7 Å². The molecule has 5 heteroatoms. The summed E-state index contributed by atoms with van der Waals surface area (Å²) in [7, 11) is 0. The first-order valence-corrected chi connectivity index (χ1v) is 9.08. The van der Waals surface area contributed by atoms with Crippen molar-refractivity contribution in [3.63, 3.8) is 0 Å². The highest BCUT2D eigenvalue weighted by Gasteiger charge is 2.28. The minimum Gasteiger partial charge on any atom is -0.358 e. The van der Waals surface area contributed by atoms with Crippen LogP contribution in [0, 0.1) is 0 Å². The van der Waals surface area contributed by atoms with Gasteiger partial charge in [-0.15, -0.1) is 10.2 Å². The van der Waals surface area contributed by atoms with Crippen molar-refractivity contribution in [1.29, 1.82) is 0 Å². The second-order valence-corrected chi connectivity index (χ2v) is 7.28. The van der Waals surface area contributed by atoms with Gasteiger partial charge < -0.3 is 5.32 Å². The molecule has 4 rings (SSSR count). The molecule has 116 valence electrons. The average molecular weight is 314 g/mol. The second kappa shape index (κ2) is 6.34. The molecule has 0 bridgehead atoms. The van der Waals surface area contributed by atoms with Gasteiger partial charge in [-0.25, -0.2) is 0 Å². The Morgan fingerprint density at radius 3 is 2.64 bits per heavy atom. The van der Waals surface area contributed by atoms with E-state index >= 15 is 0 Å². The van der Waals surface area contributed by atoms with Gasteiger partial charge in [0, 0.05) is 12.5 Å². The normalized spacial score (nSPS) is 20.2. The first-order valence-electron chi connectivity index (χ1n) is 8.26. The fourth-order valence-corrected chi connectivity index (χ4v) is 4.09. The molecular weight excluding hydrogens is 292 g/mol. The van der Waals surface area contributed by atoms with Crippen LogP contribution in [0.2, 0.25) is 0 Å². The Balaban J connectivity index is 1.45. The Kier molecular flexibility index (Phi) is 4.08. The lowest BCUT2D eigenvalue weighted by molar-refractivity contribution is 0.256. The third-order valence-electron chi connectivity index (χ3n) is 4.58. The van der Waals surface area contributed by atoms with Crippen LogP contribution in [0.5, 0.6) is 0 Å². The third kappa shape index (κ3) is 3.15. The molecule has 1 saturated heterocycles. The molecule has 1 aliphatic carbocycles. The monoisotopic (exact) mass is 314 g/mol.